The van der Waals surface area contributed by atoms with E-state index in [1.54, 1.807) is 6.07 Å². The third-order valence-corrected chi connectivity index (χ3v) is 3.68. The number of hydrogen-bond acceptors (Lipinski definition) is 2. The average Bonchev–Trinajstić information content (AvgIpc) is 2.31. The molecule has 0 aliphatic heterocycles. The van der Waals surface area contributed by atoms with Crippen LogP contribution in [0.25, 0.3) is 0 Å². The molecule has 1 aliphatic rings. The van der Waals surface area contributed by atoms with Crippen molar-refractivity contribution in [2.45, 2.75) is 38.6 Å². The quantitative estimate of drug-likeness (QED) is 0.864. The predicted octanol–water partition coefficient (Wildman–Crippen LogP) is 3.51. The zero-order chi connectivity index (χ0) is 13.1. The van der Waals surface area contributed by atoms with Gasteiger partial charge in [-0.2, -0.15) is 0 Å². The SMILES string of the molecule is CC1CCCCC1Nc1cccc(F)c1C(=O)O. The molecule has 2 N–H and O–H groups in total. The number of benzene rings is 1. The van der Waals surface area contributed by atoms with E-state index in [-0.39, 0.29) is 11.6 Å². The van der Waals surface area contributed by atoms with Crippen LogP contribution in [0.1, 0.15) is 43.0 Å². The molecule has 0 radical (unpaired) electrons. The molecule has 1 aliphatic carbocycles. The Hall–Kier alpha value is -1.58. The monoisotopic (exact) mass is 251 g/mol. The molecule has 0 spiro atoms. The maximum absolute atomic E-state index is 13.5. The maximum atomic E-state index is 13.5. The highest BCUT2D eigenvalue weighted by Crippen LogP contribution is 2.28. The van der Waals surface area contributed by atoms with E-state index in [4.69, 9.17) is 5.11 Å². The van der Waals surface area contributed by atoms with E-state index < -0.39 is 11.8 Å². The maximum Gasteiger partial charge on any atom is 0.340 e. The lowest BCUT2D eigenvalue weighted by molar-refractivity contribution is 0.0693. The van der Waals surface area contributed by atoms with Crippen LogP contribution in [0.2, 0.25) is 0 Å². The van der Waals surface area contributed by atoms with E-state index in [2.05, 4.69) is 12.2 Å². The van der Waals surface area contributed by atoms with Gasteiger partial charge in [0, 0.05) is 6.04 Å². The number of carbonyl (C=O) groups is 1. The van der Waals surface area contributed by atoms with E-state index in [1.807, 2.05) is 0 Å². The van der Waals surface area contributed by atoms with Gasteiger partial charge in [-0.3, -0.25) is 0 Å². The van der Waals surface area contributed by atoms with Gasteiger partial charge < -0.3 is 10.4 Å². The molecule has 0 heterocycles. The van der Waals surface area contributed by atoms with Gasteiger partial charge in [0.05, 0.1) is 5.69 Å². The van der Waals surface area contributed by atoms with Gasteiger partial charge in [0.25, 0.3) is 0 Å². The molecule has 0 amide bonds. The Balaban J connectivity index is 2.23. The second kappa shape index (κ2) is 5.38. The highest BCUT2D eigenvalue weighted by Gasteiger charge is 2.23. The minimum absolute atomic E-state index is 0.235. The van der Waals surface area contributed by atoms with Crippen LogP contribution in [0.4, 0.5) is 10.1 Å². The van der Waals surface area contributed by atoms with Crippen LogP contribution in [-0.4, -0.2) is 17.1 Å². The van der Waals surface area contributed by atoms with Gasteiger partial charge in [0.2, 0.25) is 0 Å². The van der Waals surface area contributed by atoms with Crippen molar-refractivity contribution in [3.63, 3.8) is 0 Å². The number of aromatic carboxylic acids is 1. The van der Waals surface area contributed by atoms with Gasteiger partial charge in [0.1, 0.15) is 11.4 Å². The van der Waals surface area contributed by atoms with Crippen molar-refractivity contribution >= 4 is 11.7 Å². The van der Waals surface area contributed by atoms with E-state index in [0.29, 0.717) is 11.6 Å². The van der Waals surface area contributed by atoms with Gasteiger partial charge in [-0.05, 0) is 30.9 Å². The first-order valence-corrected chi connectivity index (χ1v) is 6.38. The summed E-state index contributed by atoms with van der Waals surface area (Å²) < 4.78 is 13.5. The van der Waals surface area contributed by atoms with Gasteiger partial charge in [-0.15, -0.1) is 0 Å². The van der Waals surface area contributed by atoms with Crippen molar-refractivity contribution in [3.05, 3.63) is 29.6 Å². The summed E-state index contributed by atoms with van der Waals surface area (Å²) in [7, 11) is 0. The van der Waals surface area contributed by atoms with Crippen LogP contribution in [0.15, 0.2) is 18.2 Å². The molecule has 2 rings (SSSR count). The van der Waals surface area contributed by atoms with Crippen LogP contribution in [0, 0.1) is 11.7 Å². The van der Waals surface area contributed by atoms with Gasteiger partial charge in [-0.25, -0.2) is 9.18 Å². The largest absolute Gasteiger partial charge is 0.478 e. The number of carboxylic acid groups (broad SMARTS) is 1. The highest BCUT2D eigenvalue weighted by atomic mass is 19.1. The van der Waals surface area contributed by atoms with E-state index >= 15 is 0 Å². The Morgan fingerprint density at radius 3 is 2.78 bits per heavy atom. The van der Waals surface area contributed by atoms with Crippen molar-refractivity contribution in [3.8, 4) is 0 Å². The number of carboxylic acids is 1. The van der Waals surface area contributed by atoms with E-state index in [9.17, 15) is 9.18 Å². The Kier molecular flexibility index (Phi) is 3.84. The fourth-order valence-corrected chi connectivity index (χ4v) is 2.59. The summed E-state index contributed by atoms with van der Waals surface area (Å²) in [5.74, 6) is -1.42. The van der Waals surface area contributed by atoms with E-state index in [0.717, 1.165) is 19.3 Å². The molecule has 2 unspecified atom stereocenters. The molecule has 0 bridgehead atoms. The van der Waals surface area contributed by atoms with Crippen LogP contribution in [0.5, 0.6) is 0 Å². The van der Waals surface area contributed by atoms with Crippen molar-refractivity contribution in [2.75, 3.05) is 5.32 Å². The molecule has 98 valence electrons. The summed E-state index contributed by atoms with van der Waals surface area (Å²) >= 11 is 0. The second-order valence-electron chi connectivity index (χ2n) is 4.98. The molecular formula is C14H18FNO2. The minimum atomic E-state index is -1.22. The van der Waals surface area contributed by atoms with Crippen molar-refractivity contribution in [1.82, 2.24) is 0 Å². The highest BCUT2D eigenvalue weighted by molar-refractivity contribution is 5.94. The molecule has 1 fully saturated rings. The number of halogens is 1. The zero-order valence-electron chi connectivity index (χ0n) is 10.4. The normalized spacial score (nSPS) is 23.7. The molecule has 2 atom stereocenters. The summed E-state index contributed by atoms with van der Waals surface area (Å²) in [6, 6.07) is 4.59. The van der Waals surface area contributed by atoms with Crippen molar-refractivity contribution in [2.24, 2.45) is 5.92 Å². The second-order valence-corrected chi connectivity index (χ2v) is 4.98. The molecule has 0 aromatic heterocycles. The summed E-state index contributed by atoms with van der Waals surface area (Å²) in [5.41, 5.74) is 0.136. The fraction of sp³-hybridized carbons (Fsp3) is 0.500. The first kappa shape index (κ1) is 12.9. The lowest BCUT2D eigenvalue weighted by Gasteiger charge is -2.30. The average molecular weight is 251 g/mol. The molecule has 1 aromatic carbocycles. The predicted molar refractivity (Wildman–Crippen MR) is 68.4 cm³/mol. The molecule has 0 saturated heterocycles. The van der Waals surface area contributed by atoms with E-state index in [1.165, 1.54) is 18.6 Å². The Morgan fingerprint density at radius 2 is 2.11 bits per heavy atom. The minimum Gasteiger partial charge on any atom is -0.478 e. The van der Waals surface area contributed by atoms with Gasteiger partial charge >= 0.3 is 5.97 Å². The summed E-state index contributed by atoms with van der Waals surface area (Å²) in [6.45, 7) is 2.15. The number of rotatable bonds is 3. The first-order valence-electron chi connectivity index (χ1n) is 6.38. The Morgan fingerprint density at radius 1 is 1.39 bits per heavy atom. The third-order valence-electron chi connectivity index (χ3n) is 3.68. The standard InChI is InChI=1S/C14H18FNO2/c1-9-5-2-3-7-11(9)16-12-8-4-6-10(15)13(12)14(17)18/h4,6,8-9,11,16H,2-3,5,7H2,1H3,(H,17,18). The number of nitrogens with one attached hydrogen (secondary N) is 1. The zero-order valence-corrected chi connectivity index (χ0v) is 10.4. The van der Waals surface area contributed by atoms with Crippen LogP contribution in [0.3, 0.4) is 0 Å². The smallest absolute Gasteiger partial charge is 0.340 e. The number of anilines is 1. The Labute approximate surface area is 106 Å². The van der Waals surface area contributed by atoms with Gasteiger partial charge in [0.15, 0.2) is 0 Å². The molecule has 1 saturated carbocycles. The summed E-state index contributed by atoms with van der Waals surface area (Å²) in [5, 5.41) is 12.3. The summed E-state index contributed by atoms with van der Waals surface area (Å²) in [6.07, 6.45) is 4.50. The van der Waals surface area contributed by atoms with Crippen molar-refractivity contribution in [1.29, 1.82) is 0 Å². The topological polar surface area (TPSA) is 49.3 Å². The Bertz CT molecular complexity index is 447. The molecule has 3 nitrogen and oxygen atoms in total. The van der Waals surface area contributed by atoms with Gasteiger partial charge in [-0.1, -0.05) is 25.8 Å². The van der Waals surface area contributed by atoms with Crippen LogP contribution in [-0.2, 0) is 0 Å². The lowest BCUT2D eigenvalue weighted by atomic mass is 9.85. The molecule has 18 heavy (non-hydrogen) atoms. The lowest BCUT2D eigenvalue weighted by Crippen LogP contribution is -2.31. The molecular weight excluding hydrogens is 233 g/mol. The van der Waals surface area contributed by atoms with Crippen molar-refractivity contribution < 1.29 is 14.3 Å². The fourth-order valence-electron chi connectivity index (χ4n) is 2.59. The number of hydrogen-bond donors (Lipinski definition) is 2. The third kappa shape index (κ3) is 2.63. The molecule has 1 aromatic rings. The van der Waals surface area contributed by atoms with Crippen LogP contribution < -0.4 is 5.32 Å². The molecule has 4 heteroatoms. The summed E-state index contributed by atoms with van der Waals surface area (Å²) in [4.78, 5) is 11.1. The van der Waals surface area contributed by atoms with Crippen LogP contribution >= 0.6 is 0 Å². The first-order chi connectivity index (χ1) is 8.59.